The van der Waals surface area contributed by atoms with E-state index in [1.165, 1.54) is 0 Å². The van der Waals surface area contributed by atoms with Crippen LogP contribution in [0.2, 0.25) is 0 Å². The molecule has 0 amide bonds. The average molecular weight is 301 g/mol. The van der Waals surface area contributed by atoms with Gasteiger partial charge in [0.1, 0.15) is 12.4 Å². The molecule has 0 aromatic carbocycles. The predicted molar refractivity (Wildman–Crippen MR) is 79.5 cm³/mol. The number of aromatic nitrogens is 5. The van der Waals surface area contributed by atoms with Gasteiger partial charge >= 0.3 is 0 Å². The second kappa shape index (κ2) is 6.11. The summed E-state index contributed by atoms with van der Waals surface area (Å²) in [6, 6.07) is 3.83. The first-order chi connectivity index (χ1) is 10.3. The molecular weight excluding hydrogens is 286 g/mol. The number of ether oxygens (including phenoxy) is 1. The molecule has 0 saturated heterocycles. The van der Waals surface area contributed by atoms with Crippen LogP contribution in [0, 0.1) is 6.92 Å². The summed E-state index contributed by atoms with van der Waals surface area (Å²) in [7, 11) is 1.63. The van der Waals surface area contributed by atoms with E-state index in [9.17, 15) is 0 Å². The quantitative estimate of drug-likeness (QED) is 0.722. The van der Waals surface area contributed by atoms with Crippen LogP contribution < -0.4 is 0 Å². The van der Waals surface area contributed by atoms with E-state index < -0.39 is 0 Å². The van der Waals surface area contributed by atoms with Crippen LogP contribution in [-0.4, -0.2) is 31.8 Å². The highest BCUT2D eigenvalue weighted by Crippen LogP contribution is 2.15. The molecule has 0 aliphatic carbocycles. The van der Waals surface area contributed by atoms with Crippen molar-refractivity contribution in [1.82, 2.24) is 24.7 Å². The molecule has 6 nitrogen and oxygen atoms in total. The number of rotatable bonds is 5. The summed E-state index contributed by atoms with van der Waals surface area (Å²) in [6.07, 6.45) is 4.14. The summed E-state index contributed by atoms with van der Waals surface area (Å²) >= 11 is 1.64. The highest BCUT2D eigenvalue weighted by atomic mass is 32.1. The fourth-order valence-corrected chi connectivity index (χ4v) is 2.65. The smallest absolute Gasteiger partial charge is 0.176 e. The first kappa shape index (κ1) is 13.8. The van der Waals surface area contributed by atoms with E-state index in [1.54, 1.807) is 35.5 Å². The van der Waals surface area contributed by atoms with Crippen molar-refractivity contribution in [2.24, 2.45) is 0 Å². The third-order valence-electron chi connectivity index (χ3n) is 2.89. The zero-order chi connectivity index (χ0) is 14.7. The summed E-state index contributed by atoms with van der Waals surface area (Å²) in [5.41, 5.74) is 1.88. The van der Waals surface area contributed by atoms with Crippen molar-refractivity contribution in [1.29, 1.82) is 0 Å². The van der Waals surface area contributed by atoms with Gasteiger partial charge in [-0.05, 0) is 19.1 Å². The Morgan fingerprint density at radius 1 is 1.33 bits per heavy atom. The SMILES string of the molecule is COCc1nc(Cc2csc(C)n2)n(-c2cccnc2)n1. The van der Waals surface area contributed by atoms with Crippen molar-refractivity contribution in [2.45, 2.75) is 20.0 Å². The Bertz CT molecular complexity index is 722. The zero-order valence-corrected chi connectivity index (χ0v) is 12.7. The summed E-state index contributed by atoms with van der Waals surface area (Å²) in [4.78, 5) is 13.2. The van der Waals surface area contributed by atoms with Gasteiger partial charge in [-0.1, -0.05) is 0 Å². The third-order valence-corrected chi connectivity index (χ3v) is 3.71. The van der Waals surface area contributed by atoms with Gasteiger partial charge in [0, 0.05) is 18.7 Å². The third kappa shape index (κ3) is 3.14. The maximum Gasteiger partial charge on any atom is 0.176 e. The fraction of sp³-hybridized carbons (Fsp3) is 0.286. The van der Waals surface area contributed by atoms with Gasteiger partial charge < -0.3 is 4.74 Å². The Balaban J connectivity index is 1.97. The van der Waals surface area contributed by atoms with E-state index >= 15 is 0 Å². The minimum Gasteiger partial charge on any atom is -0.377 e. The monoisotopic (exact) mass is 301 g/mol. The van der Waals surface area contributed by atoms with Crippen molar-refractivity contribution >= 4 is 11.3 Å². The number of nitrogens with zero attached hydrogens (tertiary/aromatic N) is 5. The van der Waals surface area contributed by atoms with E-state index in [4.69, 9.17) is 4.74 Å². The van der Waals surface area contributed by atoms with Gasteiger partial charge in [-0.25, -0.2) is 14.6 Å². The van der Waals surface area contributed by atoms with Gasteiger partial charge in [0.15, 0.2) is 5.82 Å². The van der Waals surface area contributed by atoms with Crippen LogP contribution in [0.1, 0.15) is 22.4 Å². The molecule has 0 saturated carbocycles. The molecule has 108 valence electrons. The minimum absolute atomic E-state index is 0.385. The van der Waals surface area contributed by atoms with Gasteiger partial charge in [0.05, 0.1) is 29.0 Å². The molecule has 0 N–H and O–H groups in total. The molecule has 3 rings (SSSR count). The molecule has 0 radical (unpaired) electrons. The van der Waals surface area contributed by atoms with Gasteiger partial charge in [0.2, 0.25) is 0 Å². The number of hydrogen-bond acceptors (Lipinski definition) is 6. The van der Waals surface area contributed by atoms with E-state index in [0.29, 0.717) is 18.9 Å². The van der Waals surface area contributed by atoms with Crippen LogP contribution >= 0.6 is 11.3 Å². The molecule has 0 unspecified atom stereocenters. The highest BCUT2D eigenvalue weighted by Gasteiger charge is 2.13. The van der Waals surface area contributed by atoms with Crippen molar-refractivity contribution in [2.75, 3.05) is 7.11 Å². The Hall–Kier alpha value is -2.12. The van der Waals surface area contributed by atoms with Gasteiger partial charge in [-0.15, -0.1) is 16.4 Å². The maximum absolute atomic E-state index is 5.12. The molecule has 0 aliphatic rings. The van der Waals surface area contributed by atoms with E-state index in [0.717, 1.165) is 22.2 Å². The summed E-state index contributed by atoms with van der Waals surface area (Å²) < 4.78 is 6.92. The maximum atomic E-state index is 5.12. The van der Waals surface area contributed by atoms with Crippen molar-refractivity contribution in [3.63, 3.8) is 0 Å². The zero-order valence-electron chi connectivity index (χ0n) is 11.9. The van der Waals surface area contributed by atoms with Gasteiger partial charge in [-0.2, -0.15) is 0 Å². The number of hydrogen-bond donors (Lipinski definition) is 0. The first-order valence-electron chi connectivity index (χ1n) is 6.51. The molecular formula is C14H15N5OS. The summed E-state index contributed by atoms with van der Waals surface area (Å²) in [5.74, 6) is 1.49. The van der Waals surface area contributed by atoms with E-state index in [-0.39, 0.29) is 0 Å². The van der Waals surface area contributed by atoms with Gasteiger partial charge in [0.25, 0.3) is 0 Å². The Morgan fingerprint density at radius 2 is 2.24 bits per heavy atom. The number of pyridine rings is 1. The van der Waals surface area contributed by atoms with Gasteiger partial charge in [-0.3, -0.25) is 4.98 Å². The number of thiazole rings is 1. The van der Waals surface area contributed by atoms with Crippen molar-refractivity contribution < 1.29 is 4.74 Å². The Kier molecular flexibility index (Phi) is 4.03. The largest absolute Gasteiger partial charge is 0.377 e. The standard InChI is InChI=1S/C14H15N5OS/c1-10-16-11(9-21-10)6-14-17-13(8-20-2)18-19(14)12-4-3-5-15-7-12/h3-5,7,9H,6,8H2,1-2H3. The molecule has 3 heterocycles. The van der Waals surface area contributed by atoms with Crippen molar-refractivity contribution in [3.05, 3.63) is 52.3 Å². The lowest BCUT2D eigenvalue weighted by atomic mass is 10.3. The molecule has 0 aliphatic heterocycles. The lowest BCUT2D eigenvalue weighted by Gasteiger charge is -2.03. The Labute approximate surface area is 126 Å². The van der Waals surface area contributed by atoms with Crippen LogP contribution in [0.3, 0.4) is 0 Å². The minimum atomic E-state index is 0.385. The topological polar surface area (TPSA) is 65.7 Å². The summed E-state index contributed by atoms with van der Waals surface area (Å²) in [6.45, 7) is 2.38. The van der Waals surface area contributed by atoms with Crippen LogP contribution in [-0.2, 0) is 17.8 Å². The summed E-state index contributed by atoms with van der Waals surface area (Å²) in [5, 5.41) is 7.59. The lowest BCUT2D eigenvalue weighted by molar-refractivity contribution is 0.178. The molecule has 0 atom stereocenters. The highest BCUT2D eigenvalue weighted by molar-refractivity contribution is 7.09. The molecule has 0 fully saturated rings. The molecule has 3 aromatic heterocycles. The second-order valence-electron chi connectivity index (χ2n) is 4.53. The van der Waals surface area contributed by atoms with Crippen LogP contribution in [0.25, 0.3) is 5.69 Å². The fourth-order valence-electron chi connectivity index (χ4n) is 2.03. The van der Waals surface area contributed by atoms with E-state index in [1.807, 2.05) is 24.4 Å². The molecule has 0 bridgehead atoms. The lowest BCUT2D eigenvalue weighted by Crippen LogP contribution is -2.04. The predicted octanol–water partition coefficient (Wildman–Crippen LogP) is 2.16. The van der Waals surface area contributed by atoms with Crippen LogP contribution in [0.5, 0.6) is 0 Å². The first-order valence-corrected chi connectivity index (χ1v) is 7.39. The number of methoxy groups -OCH3 is 1. The molecule has 0 spiro atoms. The second-order valence-corrected chi connectivity index (χ2v) is 5.60. The Morgan fingerprint density at radius 3 is 2.90 bits per heavy atom. The van der Waals surface area contributed by atoms with Crippen LogP contribution in [0.15, 0.2) is 29.9 Å². The molecule has 3 aromatic rings. The number of aryl methyl sites for hydroxylation is 1. The molecule has 7 heteroatoms. The van der Waals surface area contributed by atoms with Crippen molar-refractivity contribution in [3.8, 4) is 5.69 Å². The normalized spacial score (nSPS) is 11.0. The average Bonchev–Trinajstić information content (AvgIpc) is 3.07. The van der Waals surface area contributed by atoms with Crippen LogP contribution in [0.4, 0.5) is 0 Å². The van der Waals surface area contributed by atoms with E-state index in [2.05, 4.69) is 20.1 Å². The molecule has 21 heavy (non-hydrogen) atoms.